The molecular formula is C19H19FN2O3. The van der Waals surface area contributed by atoms with Crippen molar-refractivity contribution in [1.82, 2.24) is 5.32 Å². The van der Waals surface area contributed by atoms with Crippen LogP contribution in [0.1, 0.15) is 24.5 Å². The minimum Gasteiger partial charge on any atom is -0.378 e. The second kappa shape index (κ2) is 7.44. The number of nitrogens with zero attached hydrogens (tertiary/aromatic N) is 1. The van der Waals surface area contributed by atoms with Crippen molar-refractivity contribution in [2.75, 3.05) is 11.4 Å². The van der Waals surface area contributed by atoms with Gasteiger partial charge in [-0.3, -0.25) is 9.59 Å². The molecule has 1 fully saturated rings. The molecule has 1 saturated heterocycles. The lowest BCUT2D eigenvalue weighted by molar-refractivity contribution is -0.134. The van der Waals surface area contributed by atoms with Gasteiger partial charge in [0.2, 0.25) is 5.91 Å². The average molecular weight is 342 g/mol. The van der Waals surface area contributed by atoms with Gasteiger partial charge in [-0.15, -0.1) is 0 Å². The molecule has 2 aromatic rings. The van der Waals surface area contributed by atoms with Crippen LogP contribution in [0.25, 0.3) is 0 Å². The van der Waals surface area contributed by atoms with E-state index >= 15 is 0 Å². The summed E-state index contributed by atoms with van der Waals surface area (Å²) in [6.45, 7) is 0.396. The third-order valence-electron chi connectivity index (χ3n) is 4.26. The molecule has 130 valence electrons. The van der Waals surface area contributed by atoms with E-state index < -0.39 is 23.9 Å². The van der Waals surface area contributed by atoms with Crippen LogP contribution in [0.4, 0.5) is 10.1 Å². The Hall–Kier alpha value is -2.73. The van der Waals surface area contributed by atoms with E-state index in [4.69, 9.17) is 0 Å². The first kappa shape index (κ1) is 17.1. The van der Waals surface area contributed by atoms with Gasteiger partial charge in [0.05, 0.1) is 5.69 Å². The first-order chi connectivity index (χ1) is 12.1. The molecule has 25 heavy (non-hydrogen) atoms. The molecule has 0 bridgehead atoms. The van der Waals surface area contributed by atoms with Gasteiger partial charge in [-0.05, 0) is 30.5 Å². The maximum Gasteiger partial charge on any atom is 0.254 e. The van der Waals surface area contributed by atoms with Crippen molar-refractivity contribution in [3.63, 3.8) is 0 Å². The highest BCUT2D eigenvalue weighted by atomic mass is 19.1. The highest BCUT2D eigenvalue weighted by Crippen LogP contribution is 2.24. The number of anilines is 1. The number of hydrogen-bond acceptors (Lipinski definition) is 3. The summed E-state index contributed by atoms with van der Waals surface area (Å²) in [4.78, 5) is 26.2. The Morgan fingerprint density at radius 3 is 2.56 bits per heavy atom. The highest BCUT2D eigenvalue weighted by molar-refractivity contribution is 6.00. The Kier molecular flexibility index (Phi) is 5.09. The van der Waals surface area contributed by atoms with E-state index in [0.29, 0.717) is 24.9 Å². The lowest BCUT2D eigenvalue weighted by Crippen LogP contribution is -2.53. The van der Waals surface area contributed by atoms with Crippen molar-refractivity contribution in [3.8, 4) is 0 Å². The maximum atomic E-state index is 14.0. The largest absolute Gasteiger partial charge is 0.378 e. The van der Waals surface area contributed by atoms with Gasteiger partial charge in [0.15, 0.2) is 6.10 Å². The van der Waals surface area contributed by atoms with Crippen molar-refractivity contribution >= 4 is 17.5 Å². The summed E-state index contributed by atoms with van der Waals surface area (Å²) >= 11 is 0. The second-order valence-corrected chi connectivity index (χ2v) is 5.96. The number of nitrogens with one attached hydrogen (secondary N) is 1. The molecule has 0 saturated carbocycles. The summed E-state index contributed by atoms with van der Waals surface area (Å²) in [6.07, 6.45) is -0.262. The number of amides is 2. The van der Waals surface area contributed by atoms with Crippen molar-refractivity contribution in [2.45, 2.75) is 25.0 Å². The van der Waals surface area contributed by atoms with E-state index in [9.17, 15) is 19.1 Å². The van der Waals surface area contributed by atoms with E-state index in [1.807, 2.05) is 0 Å². The Morgan fingerprint density at radius 2 is 1.84 bits per heavy atom. The first-order valence-corrected chi connectivity index (χ1v) is 8.17. The molecule has 1 heterocycles. The van der Waals surface area contributed by atoms with Gasteiger partial charge in [-0.2, -0.15) is 0 Å². The molecule has 0 radical (unpaired) electrons. The number of para-hydroxylation sites is 1. The first-order valence-electron chi connectivity index (χ1n) is 8.17. The van der Waals surface area contributed by atoms with Crippen LogP contribution in [0.3, 0.4) is 0 Å². The Labute approximate surface area is 145 Å². The quantitative estimate of drug-likeness (QED) is 0.895. The molecule has 6 heteroatoms. The average Bonchev–Trinajstić information content (AvgIpc) is 2.64. The van der Waals surface area contributed by atoms with Gasteiger partial charge < -0.3 is 15.3 Å². The van der Waals surface area contributed by atoms with E-state index in [-0.39, 0.29) is 11.6 Å². The third kappa shape index (κ3) is 3.69. The topological polar surface area (TPSA) is 69.6 Å². The van der Waals surface area contributed by atoms with Gasteiger partial charge >= 0.3 is 0 Å². The Balaban J connectivity index is 1.71. The SMILES string of the molecule is O=C(NC1CCCN(c2ccccc2F)C1=O)C(O)c1ccccc1. The van der Waals surface area contributed by atoms with Gasteiger partial charge in [-0.1, -0.05) is 42.5 Å². The molecule has 2 unspecified atom stereocenters. The van der Waals surface area contributed by atoms with Gasteiger partial charge in [0, 0.05) is 6.54 Å². The molecule has 0 aliphatic carbocycles. The summed E-state index contributed by atoms with van der Waals surface area (Å²) in [5.74, 6) is -1.49. The van der Waals surface area contributed by atoms with E-state index in [0.717, 1.165) is 0 Å². The summed E-state index contributed by atoms with van der Waals surface area (Å²) in [7, 11) is 0. The van der Waals surface area contributed by atoms with Crippen LogP contribution >= 0.6 is 0 Å². The van der Waals surface area contributed by atoms with E-state index in [1.54, 1.807) is 42.5 Å². The molecule has 2 atom stereocenters. The lowest BCUT2D eigenvalue weighted by atomic mass is 10.0. The Morgan fingerprint density at radius 1 is 1.16 bits per heavy atom. The van der Waals surface area contributed by atoms with Gasteiger partial charge in [0.25, 0.3) is 5.91 Å². The van der Waals surface area contributed by atoms with E-state index in [1.165, 1.54) is 17.0 Å². The van der Waals surface area contributed by atoms with Crippen LogP contribution in [0.15, 0.2) is 54.6 Å². The summed E-state index contributed by atoms with van der Waals surface area (Å²) in [6, 6.07) is 13.8. The second-order valence-electron chi connectivity index (χ2n) is 5.96. The highest BCUT2D eigenvalue weighted by Gasteiger charge is 2.33. The molecule has 2 amide bonds. The number of halogens is 1. The number of carbonyl (C=O) groups excluding carboxylic acids is 2. The number of piperidine rings is 1. The lowest BCUT2D eigenvalue weighted by Gasteiger charge is -2.33. The fourth-order valence-corrected chi connectivity index (χ4v) is 2.96. The number of carbonyl (C=O) groups is 2. The van der Waals surface area contributed by atoms with Crippen LogP contribution in [-0.4, -0.2) is 29.5 Å². The van der Waals surface area contributed by atoms with Crippen molar-refractivity contribution < 1.29 is 19.1 Å². The molecule has 1 aliphatic rings. The Bertz CT molecular complexity index is 766. The zero-order valence-corrected chi connectivity index (χ0v) is 13.6. The van der Waals surface area contributed by atoms with Crippen LogP contribution in [0.2, 0.25) is 0 Å². The van der Waals surface area contributed by atoms with Crippen LogP contribution in [-0.2, 0) is 9.59 Å². The van der Waals surface area contributed by atoms with Gasteiger partial charge in [-0.25, -0.2) is 4.39 Å². The molecule has 2 N–H and O–H groups in total. The predicted octanol–water partition coefficient (Wildman–Crippen LogP) is 2.17. The normalized spacial score (nSPS) is 18.7. The molecular weight excluding hydrogens is 323 g/mol. The molecule has 2 aromatic carbocycles. The third-order valence-corrected chi connectivity index (χ3v) is 4.26. The fraction of sp³-hybridized carbons (Fsp3) is 0.263. The zero-order valence-electron chi connectivity index (χ0n) is 13.6. The number of aliphatic hydroxyl groups is 1. The van der Waals surface area contributed by atoms with Crippen molar-refractivity contribution in [3.05, 3.63) is 66.0 Å². The fourth-order valence-electron chi connectivity index (χ4n) is 2.96. The number of aliphatic hydroxyl groups excluding tert-OH is 1. The summed E-state index contributed by atoms with van der Waals surface area (Å²) in [5, 5.41) is 12.7. The summed E-state index contributed by atoms with van der Waals surface area (Å²) < 4.78 is 14.0. The summed E-state index contributed by atoms with van der Waals surface area (Å²) in [5.41, 5.74) is 0.657. The predicted molar refractivity (Wildman–Crippen MR) is 91.3 cm³/mol. The van der Waals surface area contributed by atoms with Crippen LogP contribution < -0.4 is 10.2 Å². The molecule has 5 nitrogen and oxygen atoms in total. The molecule has 3 rings (SSSR count). The maximum absolute atomic E-state index is 14.0. The number of benzene rings is 2. The van der Waals surface area contributed by atoms with Gasteiger partial charge in [0.1, 0.15) is 11.9 Å². The van der Waals surface area contributed by atoms with Crippen LogP contribution in [0.5, 0.6) is 0 Å². The smallest absolute Gasteiger partial charge is 0.254 e. The minimum absolute atomic E-state index is 0.204. The zero-order chi connectivity index (χ0) is 17.8. The minimum atomic E-state index is -1.35. The number of hydrogen-bond donors (Lipinski definition) is 2. The van der Waals surface area contributed by atoms with Crippen molar-refractivity contribution in [1.29, 1.82) is 0 Å². The molecule has 0 aromatic heterocycles. The monoisotopic (exact) mass is 342 g/mol. The standard InChI is InChI=1S/C19H19FN2O3/c20-14-9-4-5-11-16(14)22-12-6-10-15(19(22)25)21-18(24)17(23)13-7-2-1-3-8-13/h1-5,7-9,11,15,17,23H,6,10,12H2,(H,21,24). The molecule has 1 aliphatic heterocycles. The van der Waals surface area contributed by atoms with Crippen molar-refractivity contribution in [2.24, 2.45) is 0 Å². The van der Waals surface area contributed by atoms with Crippen LogP contribution in [0, 0.1) is 5.82 Å². The number of rotatable bonds is 4. The molecule has 0 spiro atoms. The van der Waals surface area contributed by atoms with E-state index in [2.05, 4.69) is 5.32 Å².